The smallest absolute Gasteiger partial charge is 0.330 e. The van der Waals surface area contributed by atoms with Crippen molar-refractivity contribution in [2.45, 2.75) is 33.2 Å². The molecule has 2 aromatic heterocycles. The van der Waals surface area contributed by atoms with E-state index in [0.717, 1.165) is 12.8 Å². The third-order valence-corrected chi connectivity index (χ3v) is 5.33. The number of nitrogens with two attached hydrogens (primary N) is 1. The summed E-state index contributed by atoms with van der Waals surface area (Å²) in [5.41, 5.74) is 7.07. The highest BCUT2D eigenvalue weighted by Crippen LogP contribution is 2.48. The molecule has 0 spiro atoms. The molecule has 0 aromatic carbocycles. The van der Waals surface area contributed by atoms with Crippen molar-refractivity contribution in [1.29, 1.82) is 0 Å². The Balaban J connectivity index is 1.90. The number of rotatable bonds is 9. The van der Waals surface area contributed by atoms with Gasteiger partial charge in [0.15, 0.2) is 11.5 Å². The number of anilines is 1. The summed E-state index contributed by atoms with van der Waals surface area (Å²) in [6.07, 6.45) is 5.09. The zero-order chi connectivity index (χ0) is 16.0. The zero-order valence-corrected chi connectivity index (χ0v) is 13.8. The van der Waals surface area contributed by atoms with Crippen molar-refractivity contribution in [1.82, 2.24) is 19.5 Å². The van der Waals surface area contributed by atoms with Gasteiger partial charge in [-0.15, -0.1) is 0 Å². The summed E-state index contributed by atoms with van der Waals surface area (Å²) < 4.78 is 24.8. The van der Waals surface area contributed by atoms with Crippen molar-refractivity contribution in [3.05, 3.63) is 12.7 Å². The molecule has 0 bridgehead atoms. The van der Waals surface area contributed by atoms with E-state index in [9.17, 15) is 4.57 Å². The molecular formula is C13H22N5O3P. The fourth-order valence-corrected chi connectivity index (χ4v) is 3.94. The molecule has 0 atom stereocenters. The molecule has 2 N–H and O–H groups in total. The summed E-state index contributed by atoms with van der Waals surface area (Å²) in [5.74, 6) is 0.376. The molecule has 0 saturated carbocycles. The van der Waals surface area contributed by atoms with E-state index in [1.807, 2.05) is 18.4 Å². The molecule has 8 nitrogen and oxygen atoms in total. The highest BCUT2D eigenvalue weighted by atomic mass is 31.2. The van der Waals surface area contributed by atoms with Crippen LogP contribution < -0.4 is 5.73 Å². The van der Waals surface area contributed by atoms with E-state index in [4.69, 9.17) is 14.8 Å². The minimum Gasteiger partial charge on any atom is -0.382 e. The third kappa shape index (κ3) is 4.03. The summed E-state index contributed by atoms with van der Waals surface area (Å²) >= 11 is 0. The average molecular weight is 327 g/mol. The summed E-state index contributed by atoms with van der Waals surface area (Å²) in [6.45, 7) is 5.12. The lowest BCUT2D eigenvalue weighted by Crippen LogP contribution is -2.03. The third-order valence-electron chi connectivity index (χ3n) is 3.16. The first-order valence-corrected chi connectivity index (χ1v) is 9.12. The van der Waals surface area contributed by atoms with Gasteiger partial charge in [-0.1, -0.05) is 0 Å². The van der Waals surface area contributed by atoms with Gasteiger partial charge in [0.1, 0.15) is 11.8 Å². The second kappa shape index (κ2) is 7.67. The van der Waals surface area contributed by atoms with Crippen LogP contribution in [0.1, 0.15) is 26.7 Å². The predicted molar refractivity (Wildman–Crippen MR) is 84.7 cm³/mol. The molecule has 0 fully saturated rings. The fourth-order valence-electron chi connectivity index (χ4n) is 2.21. The maximum absolute atomic E-state index is 12.3. The van der Waals surface area contributed by atoms with E-state index in [0.29, 0.717) is 42.9 Å². The highest BCUT2D eigenvalue weighted by molar-refractivity contribution is 7.53. The highest BCUT2D eigenvalue weighted by Gasteiger charge is 2.22. The molecule has 0 aliphatic heterocycles. The second-order valence-corrected chi connectivity index (χ2v) is 6.93. The minimum atomic E-state index is -2.95. The minimum absolute atomic E-state index is 0.376. The van der Waals surface area contributed by atoms with Crippen molar-refractivity contribution in [3.63, 3.8) is 0 Å². The summed E-state index contributed by atoms with van der Waals surface area (Å²) in [6, 6.07) is 0. The normalized spacial score (nSPS) is 12.1. The quantitative estimate of drug-likeness (QED) is 0.557. The van der Waals surface area contributed by atoms with E-state index in [2.05, 4.69) is 15.0 Å². The Hall–Kier alpha value is -1.50. The molecule has 0 radical (unpaired) electrons. The SMILES string of the molecule is CCOP(=O)(CCCCn1cnc2c(N)ncnc21)OCC. The number of aryl methyl sites for hydroxylation is 1. The Kier molecular flexibility index (Phi) is 5.88. The molecule has 0 unspecified atom stereocenters. The van der Waals surface area contributed by atoms with Gasteiger partial charge in [-0.2, -0.15) is 0 Å². The lowest BCUT2D eigenvalue weighted by atomic mass is 10.3. The first kappa shape index (κ1) is 16.9. The Bertz CT molecular complexity index is 650. The molecule has 9 heteroatoms. The maximum atomic E-state index is 12.3. The largest absolute Gasteiger partial charge is 0.382 e. The molecular weight excluding hydrogens is 305 g/mol. The van der Waals surface area contributed by atoms with Crippen LogP contribution in [-0.2, 0) is 20.2 Å². The number of hydrogen-bond acceptors (Lipinski definition) is 7. The Labute approximate surface area is 129 Å². The van der Waals surface area contributed by atoms with Crippen LogP contribution in [0.5, 0.6) is 0 Å². The van der Waals surface area contributed by atoms with Gasteiger partial charge in [0, 0.05) is 6.54 Å². The summed E-state index contributed by atoms with van der Waals surface area (Å²) in [7, 11) is -2.95. The Morgan fingerprint density at radius 1 is 1.18 bits per heavy atom. The van der Waals surface area contributed by atoms with Crippen LogP contribution in [-0.4, -0.2) is 38.9 Å². The molecule has 2 aromatic rings. The molecule has 2 rings (SSSR count). The van der Waals surface area contributed by atoms with Gasteiger partial charge in [-0.3, -0.25) is 4.57 Å². The van der Waals surface area contributed by atoms with Crippen LogP contribution in [0.2, 0.25) is 0 Å². The van der Waals surface area contributed by atoms with Gasteiger partial charge < -0.3 is 19.3 Å². The number of nitrogens with zero attached hydrogens (tertiary/aromatic N) is 4. The maximum Gasteiger partial charge on any atom is 0.330 e. The zero-order valence-electron chi connectivity index (χ0n) is 12.9. The van der Waals surface area contributed by atoms with Gasteiger partial charge in [0.25, 0.3) is 0 Å². The Morgan fingerprint density at radius 2 is 1.91 bits per heavy atom. The van der Waals surface area contributed by atoms with Crippen LogP contribution in [0.15, 0.2) is 12.7 Å². The molecule has 0 amide bonds. The van der Waals surface area contributed by atoms with Crippen LogP contribution >= 0.6 is 7.60 Å². The van der Waals surface area contributed by atoms with E-state index >= 15 is 0 Å². The van der Waals surface area contributed by atoms with Gasteiger partial charge in [0.2, 0.25) is 0 Å². The second-order valence-electron chi connectivity index (χ2n) is 4.75. The van der Waals surface area contributed by atoms with Gasteiger partial charge in [-0.25, -0.2) is 15.0 Å². The predicted octanol–water partition coefficient (Wildman–Crippen LogP) is 2.45. The number of hydrogen-bond donors (Lipinski definition) is 1. The van der Waals surface area contributed by atoms with E-state index in [1.165, 1.54) is 6.33 Å². The monoisotopic (exact) mass is 327 g/mol. The lowest BCUT2D eigenvalue weighted by molar-refractivity contribution is 0.219. The van der Waals surface area contributed by atoms with Crippen molar-refractivity contribution < 1.29 is 13.6 Å². The van der Waals surface area contributed by atoms with Gasteiger partial charge in [0.05, 0.1) is 25.7 Å². The number of nitrogen functional groups attached to an aromatic ring is 1. The molecule has 0 aliphatic carbocycles. The van der Waals surface area contributed by atoms with Gasteiger partial charge >= 0.3 is 7.60 Å². The Morgan fingerprint density at radius 3 is 2.59 bits per heavy atom. The fraction of sp³-hybridized carbons (Fsp3) is 0.615. The van der Waals surface area contributed by atoms with Crippen LogP contribution in [0.4, 0.5) is 5.82 Å². The van der Waals surface area contributed by atoms with Crippen molar-refractivity contribution in [2.24, 2.45) is 0 Å². The van der Waals surface area contributed by atoms with Crippen molar-refractivity contribution in [2.75, 3.05) is 25.1 Å². The van der Waals surface area contributed by atoms with Crippen LogP contribution in [0, 0.1) is 0 Å². The average Bonchev–Trinajstić information content (AvgIpc) is 2.89. The molecule has 22 heavy (non-hydrogen) atoms. The number of imidazole rings is 1. The number of aromatic nitrogens is 4. The molecule has 0 saturated heterocycles. The van der Waals surface area contributed by atoms with Crippen molar-refractivity contribution in [3.8, 4) is 0 Å². The van der Waals surface area contributed by atoms with Gasteiger partial charge in [-0.05, 0) is 26.7 Å². The number of unbranched alkanes of at least 4 members (excludes halogenated alkanes) is 1. The van der Waals surface area contributed by atoms with Crippen LogP contribution in [0.3, 0.4) is 0 Å². The van der Waals surface area contributed by atoms with Crippen molar-refractivity contribution >= 4 is 24.6 Å². The van der Waals surface area contributed by atoms with E-state index in [1.54, 1.807) is 6.33 Å². The topological polar surface area (TPSA) is 105 Å². The summed E-state index contributed by atoms with van der Waals surface area (Å²) in [4.78, 5) is 12.3. The van der Waals surface area contributed by atoms with E-state index in [-0.39, 0.29) is 0 Å². The summed E-state index contributed by atoms with van der Waals surface area (Å²) in [5, 5.41) is 0. The molecule has 122 valence electrons. The standard InChI is InChI=1S/C13H22N5O3P/c1-3-20-22(19,21-4-2)8-6-5-7-18-10-17-11-12(14)15-9-16-13(11)18/h9-10H,3-8H2,1-2H3,(H2,14,15,16). The molecule has 2 heterocycles. The molecule has 0 aliphatic rings. The first-order valence-electron chi connectivity index (χ1n) is 7.39. The van der Waals surface area contributed by atoms with Crippen LogP contribution in [0.25, 0.3) is 11.2 Å². The first-order chi connectivity index (χ1) is 10.6. The lowest BCUT2D eigenvalue weighted by Gasteiger charge is -2.16. The van der Waals surface area contributed by atoms with E-state index < -0.39 is 7.60 Å². The number of fused-ring (bicyclic) bond motifs is 1.